The summed E-state index contributed by atoms with van der Waals surface area (Å²) in [6.45, 7) is 0.588. The Kier molecular flexibility index (Phi) is 5.81. The molecule has 1 heterocycles. The average molecular weight is 391 g/mol. The fourth-order valence-electron chi connectivity index (χ4n) is 2.57. The maximum Gasteiger partial charge on any atom is 0.328 e. The number of halogens is 2. The molecule has 26 heavy (non-hydrogen) atoms. The topological polar surface area (TPSA) is 64.1 Å². The predicted molar refractivity (Wildman–Crippen MR) is 103 cm³/mol. The van der Waals surface area contributed by atoms with E-state index in [1.807, 2.05) is 30.3 Å². The number of nitrogens with one attached hydrogen (secondary N) is 1. The lowest BCUT2D eigenvalue weighted by molar-refractivity contribution is 0.293. The van der Waals surface area contributed by atoms with E-state index in [2.05, 4.69) is 4.98 Å². The molecular weight excluding hydrogens is 375 g/mol. The molecule has 7 heteroatoms. The van der Waals surface area contributed by atoms with E-state index in [1.54, 1.807) is 12.1 Å². The van der Waals surface area contributed by atoms with Crippen molar-refractivity contribution in [1.29, 1.82) is 0 Å². The lowest BCUT2D eigenvalue weighted by Crippen LogP contribution is -2.30. The van der Waals surface area contributed by atoms with Gasteiger partial charge in [0.15, 0.2) is 0 Å². The van der Waals surface area contributed by atoms with Crippen LogP contribution in [0.5, 0.6) is 5.75 Å². The Labute approximate surface area is 159 Å². The van der Waals surface area contributed by atoms with Gasteiger partial charge in [0.25, 0.3) is 5.56 Å². The summed E-state index contributed by atoms with van der Waals surface area (Å²) in [5.74, 6) is 0.687. The summed E-state index contributed by atoms with van der Waals surface area (Å²) in [5.41, 5.74) is 1.08. The first-order valence-corrected chi connectivity index (χ1v) is 8.72. The number of benzene rings is 2. The fraction of sp³-hybridized carbons (Fsp3) is 0.158. The molecule has 0 unspecified atom stereocenters. The third-order valence-corrected chi connectivity index (χ3v) is 4.26. The van der Waals surface area contributed by atoms with Crippen LogP contribution in [0.1, 0.15) is 11.1 Å². The molecule has 0 bridgehead atoms. The molecule has 0 saturated heterocycles. The highest BCUT2D eigenvalue weighted by molar-refractivity contribution is 6.31. The van der Waals surface area contributed by atoms with Gasteiger partial charge >= 0.3 is 5.69 Å². The summed E-state index contributed by atoms with van der Waals surface area (Å²) in [6, 6.07) is 14.3. The van der Waals surface area contributed by atoms with Crippen LogP contribution in [-0.4, -0.2) is 16.2 Å². The van der Waals surface area contributed by atoms with Crippen LogP contribution in [0, 0.1) is 0 Å². The number of hydrogen-bond donors (Lipinski definition) is 1. The van der Waals surface area contributed by atoms with Gasteiger partial charge in [0.1, 0.15) is 12.4 Å². The second-order valence-corrected chi connectivity index (χ2v) is 6.58. The van der Waals surface area contributed by atoms with Crippen molar-refractivity contribution < 1.29 is 4.74 Å². The third-order valence-electron chi connectivity index (χ3n) is 3.79. The van der Waals surface area contributed by atoms with Crippen LogP contribution >= 0.6 is 23.2 Å². The Bertz CT molecular complexity index is 1030. The zero-order chi connectivity index (χ0) is 18.5. The van der Waals surface area contributed by atoms with Crippen LogP contribution in [0.3, 0.4) is 0 Å². The van der Waals surface area contributed by atoms with Gasteiger partial charge in [-0.15, -0.1) is 0 Å². The first-order chi connectivity index (χ1) is 12.5. The average Bonchev–Trinajstić information content (AvgIpc) is 2.59. The lowest BCUT2D eigenvalue weighted by atomic mass is 10.0. The first-order valence-electron chi connectivity index (χ1n) is 7.97. The van der Waals surface area contributed by atoms with Gasteiger partial charge in [0.2, 0.25) is 0 Å². The van der Waals surface area contributed by atoms with Crippen molar-refractivity contribution in [1.82, 2.24) is 9.55 Å². The Hall–Kier alpha value is -2.50. The maximum absolute atomic E-state index is 11.7. The van der Waals surface area contributed by atoms with Crippen molar-refractivity contribution in [2.24, 2.45) is 0 Å². The Morgan fingerprint density at radius 2 is 1.81 bits per heavy atom. The fourth-order valence-corrected chi connectivity index (χ4v) is 2.98. The van der Waals surface area contributed by atoms with Crippen molar-refractivity contribution in [3.05, 3.63) is 96.7 Å². The molecule has 0 aliphatic heterocycles. The summed E-state index contributed by atoms with van der Waals surface area (Å²) in [7, 11) is 0. The number of hydrogen-bond acceptors (Lipinski definition) is 3. The Morgan fingerprint density at radius 3 is 2.58 bits per heavy atom. The summed E-state index contributed by atoms with van der Waals surface area (Å²) in [6.07, 6.45) is 2.06. The van der Waals surface area contributed by atoms with E-state index in [9.17, 15) is 9.59 Å². The summed E-state index contributed by atoms with van der Waals surface area (Å²) < 4.78 is 7.22. The number of rotatable bonds is 6. The molecule has 5 nitrogen and oxygen atoms in total. The largest absolute Gasteiger partial charge is 0.491 e. The molecule has 0 amide bonds. The second-order valence-electron chi connectivity index (χ2n) is 5.71. The molecule has 0 radical (unpaired) electrons. The minimum Gasteiger partial charge on any atom is -0.491 e. The Morgan fingerprint density at radius 1 is 1.00 bits per heavy atom. The number of aromatic nitrogens is 2. The van der Waals surface area contributed by atoms with E-state index in [1.165, 1.54) is 16.8 Å². The van der Waals surface area contributed by atoms with Crippen molar-refractivity contribution in [3.63, 3.8) is 0 Å². The molecule has 0 atom stereocenters. The number of H-pyrrole nitrogens is 1. The van der Waals surface area contributed by atoms with Crippen LogP contribution in [0.2, 0.25) is 10.0 Å². The maximum atomic E-state index is 11.7. The monoisotopic (exact) mass is 390 g/mol. The molecule has 134 valence electrons. The van der Waals surface area contributed by atoms with E-state index in [0.29, 0.717) is 28.8 Å². The summed E-state index contributed by atoms with van der Waals surface area (Å²) in [5, 5.41) is 1.29. The van der Waals surface area contributed by atoms with Gasteiger partial charge < -0.3 is 4.74 Å². The molecule has 0 aliphatic rings. The zero-order valence-electron chi connectivity index (χ0n) is 13.7. The van der Waals surface area contributed by atoms with Crippen molar-refractivity contribution in [2.45, 2.75) is 13.0 Å². The van der Waals surface area contributed by atoms with Crippen LogP contribution in [0.15, 0.2) is 64.3 Å². The van der Waals surface area contributed by atoms with Gasteiger partial charge in [-0.25, -0.2) is 4.79 Å². The first kappa shape index (κ1) is 18.3. The van der Waals surface area contributed by atoms with Crippen LogP contribution in [0.25, 0.3) is 0 Å². The van der Waals surface area contributed by atoms with E-state index < -0.39 is 11.2 Å². The molecule has 1 aromatic heterocycles. The smallest absolute Gasteiger partial charge is 0.328 e. The molecule has 0 saturated carbocycles. The van der Waals surface area contributed by atoms with Crippen molar-refractivity contribution in [3.8, 4) is 5.75 Å². The normalized spacial score (nSPS) is 10.7. The van der Waals surface area contributed by atoms with Gasteiger partial charge in [-0.05, 0) is 41.5 Å². The molecular formula is C19H16Cl2N2O3. The molecule has 1 N–H and O–H groups in total. The van der Waals surface area contributed by atoms with Crippen molar-refractivity contribution >= 4 is 23.2 Å². The van der Waals surface area contributed by atoms with E-state index in [-0.39, 0.29) is 6.61 Å². The summed E-state index contributed by atoms with van der Waals surface area (Å²) in [4.78, 5) is 25.0. The van der Waals surface area contributed by atoms with Gasteiger partial charge in [-0.1, -0.05) is 35.3 Å². The minimum absolute atomic E-state index is 0.274. The highest BCUT2D eigenvalue weighted by Gasteiger charge is 2.07. The second kappa shape index (κ2) is 8.25. The standard InChI is InChI=1S/C19H16Cl2N2O3/c20-15-3-1-2-13(11-15)10-14-12-16(21)4-5-17(14)26-9-8-23-7-6-18(24)22-19(23)25/h1-7,11-12H,8-10H2,(H,22,24,25). The Balaban J connectivity index is 1.73. The predicted octanol–water partition coefficient (Wildman–Crippen LogP) is 3.51. The molecule has 2 aromatic carbocycles. The SMILES string of the molecule is O=c1ccn(CCOc2ccc(Cl)cc2Cc2cccc(Cl)c2)c(=O)[nH]1. The van der Waals surface area contributed by atoms with Gasteiger partial charge in [0, 0.05) is 28.7 Å². The highest BCUT2D eigenvalue weighted by atomic mass is 35.5. The number of aromatic amines is 1. The number of nitrogens with zero attached hydrogens (tertiary/aromatic N) is 1. The minimum atomic E-state index is -0.462. The molecule has 3 aromatic rings. The molecule has 0 fully saturated rings. The quantitative estimate of drug-likeness (QED) is 0.700. The number of ether oxygens (including phenoxy) is 1. The van der Waals surface area contributed by atoms with Gasteiger partial charge in [-0.3, -0.25) is 14.3 Å². The van der Waals surface area contributed by atoms with Crippen LogP contribution in [-0.2, 0) is 13.0 Å². The lowest BCUT2D eigenvalue weighted by Gasteiger charge is -2.13. The van der Waals surface area contributed by atoms with Gasteiger partial charge in [0.05, 0.1) is 6.54 Å². The summed E-state index contributed by atoms with van der Waals surface area (Å²) >= 11 is 12.2. The van der Waals surface area contributed by atoms with E-state index in [4.69, 9.17) is 27.9 Å². The molecule has 0 spiro atoms. The molecule has 3 rings (SSSR count). The van der Waals surface area contributed by atoms with Crippen LogP contribution < -0.4 is 16.0 Å². The van der Waals surface area contributed by atoms with E-state index in [0.717, 1.165) is 11.1 Å². The van der Waals surface area contributed by atoms with Crippen LogP contribution in [0.4, 0.5) is 0 Å². The molecule has 0 aliphatic carbocycles. The zero-order valence-corrected chi connectivity index (χ0v) is 15.3. The van der Waals surface area contributed by atoms with E-state index >= 15 is 0 Å². The van der Waals surface area contributed by atoms with Gasteiger partial charge in [-0.2, -0.15) is 0 Å². The highest BCUT2D eigenvalue weighted by Crippen LogP contribution is 2.26. The van der Waals surface area contributed by atoms with Crippen molar-refractivity contribution in [2.75, 3.05) is 6.61 Å². The third kappa shape index (κ3) is 4.77.